The van der Waals surface area contributed by atoms with Crippen LogP contribution in [0.2, 0.25) is 0 Å². The van der Waals surface area contributed by atoms with Gasteiger partial charge in [-0.3, -0.25) is 9.59 Å². The molecule has 1 aromatic rings. The Hall–Kier alpha value is -1.36. The van der Waals surface area contributed by atoms with E-state index in [-0.39, 0.29) is 16.1 Å². The van der Waals surface area contributed by atoms with Crippen LogP contribution in [-0.2, 0) is 11.3 Å². The number of carbonyl (C=O) groups excluding carboxylic acids is 2. The van der Waals surface area contributed by atoms with Crippen LogP contribution in [0.3, 0.4) is 0 Å². The van der Waals surface area contributed by atoms with E-state index in [0.29, 0.717) is 12.1 Å². The highest BCUT2D eigenvalue weighted by Gasteiger charge is 2.41. The van der Waals surface area contributed by atoms with Crippen LogP contribution < -0.4 is 10.6 Å². The number of carbonyl (C=O) groups is 2. The predicted molar refractivity (Wildman–Crippen MR) is 77.2 cm³/mol. The molecule has 0 unspecified atom stereocenters. The lowest BCUT2D eigenvalue weighted by Gasteiger charge is -2.34. The van der Waals surface area contributed by atoms with Crippen molar-refractivity contribution in [3.05, 3.63) is 35.4 Å². The lowest BCUT2D eigenvalue weighted by molar-refractivity contribution is -0.125. The topological polar surface area (TPSA) is 58.2 Å². The van der Waals surface area contributed by atoms with E-state index in [2.05, 4.69) is 26.6 Å². The van der Waals surface area contributed by atoms with Crippen LogP contribution in [0.15, 0.2) is 24.3 Å². The Morgan fingerprint density at radius 2 is 1.89 bits per heavy atom. The van der Waals surface area contributed by atoms with E-state index in [9.17, 15) is 9.59 Å². The Bertz CT molecular complexity index is 481. The Morgan fingerprint density at radius 1 is 1.26 bits per heavy atom. The molecule has 0 aliphatic heterocycles. The number of benzene rings is 1. The van der Waals surface area contributed by atoms with Crippen LogP contribution in [-0.4, -0.2) is 23.2 Å². The monoisotopic (exact) mass is 324 g/mol. The summed E-state index contributed by atoms with van der Waals surface area (Å²) in [5, 5.41) is 5.49. The van der Waals surface area contributed by atoms with Gasteiger partial charge in [0, 0.05) is 19.2 Å². The first-order valence-corrected chi connectivity index (χ1v) is 7.13. The average molecular weight is 325 g/mol. The standard InChI is InChI=1S/C14H17BrN2O2/c1-16-12(18)11-5-3-10(4-6-11)9-17-13(19)14(15)7-2-8-14/h3-6H,2,7-9H2,1H3,(H,16,18)(H,17,19). The molecule has 2 N–H and O–H groups in total. The zero-order valence-corrected chi connectivity index (χ0v) is 12.4. The van der Waals surface area contributed by atoms with Gasteiger partial charge in [0.1, 0.15) is 4.32 Å². The van der Waals surface area contributed by atoms with Crippen molar-refractivity contribution in [2.75, 3.05) is 7.05 Å². The average Bonchev–Trinajstić information content (AvgIpc) is 2.41. The minimum atomic E-state index is -0.352. The van der Waals surface area contributed by atoms with Crippen LogP contribution in [0.1, 0.15) is 35.2 Å². The molecule has 0 bridgehead atoms. The summed E-state index contributed by atoms with van der Waals surface area (Å²) in [6.07, 6.45) is 2.89. The van der Waals surface area contributed by atoms with E-state index in [1.54, 1.807) is 19.2 Å². The molecule has 1 fully saturated rings. The van der Waals surface area contributed by atoms with Crippen molar-refractivity contribution in [3.8, 4) is 0 Å². The smallest absolute Gasteiger partial charge is 0.251 e. The molecule has 0 heterocycles. The van der Waals surface area contributed by atoms with Crippen LogP contribution >= 0.6 is 15.9 Å². The summed E-state index contributed by atoms with van der Waals surface area (Å²) >= 11 is 3.48. The second kappa shape index (κ2) is 5.74. The maximum atomic E-state index is 11.9. The second-order valence-corrected chi connectivity index (χ2v) is 6.30. The summed E-state index contributed by atoms with van der Waals surface area (Å²) in [5.74, 6) is -0.0569. The first-order chi connectivity index (χ1) is 9.05. The lowest BCUT2D eigenvalue weighted by Crippen LogP contribution is -2.46. The molecule has 102 valence electrons. The summed E-state index contributed by atoms with van der Waals surface area (Å²) in [5.41, 5.74) is 1.60. The van der Waals surface area contributed by atoms with E-state index in [1.807, 2.05) is 12.1 Å². The lowest BCUT2D eigenvalue weighted by atomic mass is 9.84. The third-order valence-corrected chi connectivity index (χ3v) is 4.60. The molecular formula is C14H17BrN2O2. The number of hydrogen-bond donors (Lipinski definition) is 2. The van der Waals surface area contributed by atoms with Gasteiger partial charge in [0.05, 0.1) is 0 Å². The zero-order chi connectivity index (χ0) is 13.9. The van der Waals surface area contributed by atoms with Gasteiger partial charge in [0.25, 0.3) is 5.91 Å². The number of amides is 2. The molecule has 0 spiro atoms. The molecule has 1 aliphatic carbocycles. The summed E-state index contributed by atoms with van der Waals surface area (Å²) in [4.78, 5) is 23.3. The molecule has 0 saturated heterocycles. The Labute approximate surface area is 121 Å². The van der Waals surface area contributed by atoms with Gasteiger partial charge >= 0.3 is 0 Å². The SMILES string of the molecule is CNC(=O)c1ccc(CNC(=O)C2(Br)CCC2)cc1. The first-order valence-electron chi connectivity index (χ1n) is 6.33. The van der Waals surface area contributed by atoms with Crippen molar-refractivity contribution in [2.45, 2.75) is 30.1 Å². The third kappa shape index (κ3) is 3.15. The van der Waals surface area contributed by atoms with Crippen molar-refractivity contribution in [3.63, 3.8) is 0 Å². The molecule has 2 rings (SSSR count). The van der Waals surface area contributed by atoms with Gasteiger partial charge in [0.15, 0.2) is 0 Å². The molecule has 4 nitrogen and oxygen atoms in total. The highest BCUT2D eigenvalue weighted by atomic mass is 79.9. The van der Waals surface area contributed by atoms with Gasteiger partial charge in [-0.1, -0.05) is 28.1 Å². The minimum absolute atomic E-state index is 0.0501. The van der Waals surface area contributed by atoms with E-state index >= 15 is 0 Å². The highest BCUT2D eigenvalue weighted by Crippen LogP contribution is 2.40. The van der Waals surface area contributed by atoms with Gasteiger partial charge in [0.2, 0.25) is 5.91 Å². The van der Waals surface area contributed by atoms with Crippen LogP contribution in [0.4, 0.5) is 0 Å². The van der Waals surface area contributed by atoms with E-state index in [0.717, 1.165) is 24.8 Å². The van der Waals surface area contributed by atoms with Gasteiger partial charge in [-0.2, -0.15) is 0 Å². The van der Waals surface area contributed by atoms with Crippen molar-refractivity contribution in [1.29, 1.82) is 0 Å². The van der Waals surface area contributed by atoms with Gasteiger partial charge in [-0.25, -0.2) is 0 Å². The second-order valence-electron chi connectivity index (χ2n) is 4.78. The number of halogens is 1. The quantitative estimate of drug-likeness (QED) is 0.832. The molecule has 5 heteroatoms. The Kier molecular flexibility index (Phi) is 4.24. The van der Waals surface area contributed by atoms with Crippen molar-refractivity contribution in [2.24, 2.45) is 0 Å². The highest BCUT2D eigenvalue weighted by molar-refractivity contribution is 9.10. The largest absolute Gasteiger partial charge is 0.355 e. The van der Waals surface area contributed by atoms with Crippen LogP contribution in [0.5, 0.6) is 0 Å². The molecule has 2 amide bonds. The van der Waals surface area contributed by atoms with E-state index in [4.69, 9.17) is 0 Å². The summed E-state index contributed by atoms with van der Waals surface area (Å²) in [6.45, 7) is 0.486. The fourth-order valence-corrected chi connectivity index (χ4v) is 2.67. The molecule has 1 aromatic carbocycles. The van der Waals surface area contributed by atoms with Crippen LogP contribution in [0.25, 0.3) is 0 Å². The molecule has 0 aromatic heterocycles. The number of alkyl halides is 1. The van der Waals surface area contributed by atoms with Gasteiger partial charge in [-0.05, 0) is 37.0 Å². The number of hydrogen-bond acceptors (Lipinski definition) is 2. The summed E-state index contributed by atoms with van der Waals surface area (Å²) in [7, 11) is 1.60. The fraction of sp³-hybridized carbons (Fsp3) is 0.429. The fourth-order valence-electron chi connectivity index (χ4n) is 1.97. The molecule has 1 aliphatic rings. The van der Waals surface area contributed by atoms with Crippen molar-refractivity contribution >= 4 is 27.7 Å². The van der Waals surface area contributed by atoms with E-state index < -0.39 is 0 Å². The predicted octanol–water partition coefficient (Wildman–Crippen LogP) is 1.98. The maximum Gasteiger partial charge on any atom is 0.251 e. The first kappa shape index (κ1) is 14.1. The molecule has 19 heavy (non-hydrogen) atoms. The zero-order valence-electron chi connectivity index (χ0n) is 10.8. The Morgan fingerprint density at radius 3 is 2.37 bits per heavy atom. The normalized spacial score (nSPS) is 16.3. The molecule has 0 radical (unpaired) electrons. The number of nitrogens with one attached hydrogen (secondary N) is 2. The third-order valence-electron chi connectivity index (χ3n) is 3.45. The molecular weight excluding hydrogens is 308 g/mol. The maximum absolute atomic E-state index is 11.9. The van der Waals surface area contributed by atoms with Crippen molar-refractivity contribution in [1.82, 2.24) is 10.6 Å². The van der Waals surface area contributed by atoms with Crippen molar-refractivity contribution < 1.29 is 9.59 Å². The van der Waals surface area contributed by atoms with Gasteiger partial charge < -0.3 is 10.6 Å². The Balaban J connectivity index is 1.89. The summed E-state index contributed by atoms with van der Waals surface area (Å²) < 4.78 is -0.352. The van der Waals surface area contributed by atoms with E-state index in [1.165, 1.54) is 0 Å². The van der Waals surface area contributed by atoms with Gasteiger partial charge in [-0.15, -0.1) is 0 Å². The molecule has 0 atom stereocenters. The molecule has 1 saturated carbocycles. The van der Waals surface area contributed by atoms with Crippen LogP contribution in [0, 0.1) is 0 Å². The minimum Gasteiger partial charge on any atom is -0.355 e. The summed E-state index contributed by atoms with van der Waals surface area (Å²) in [6, 6.07) is 7.22. The number of rotatable bonds is 4.